The predicted octanol–water partition coefficient (Wildman–Crippen LogP) is -0.915. The molecule has 21 heavy (non-hydrogen) atoms. The number of hydrogen-bond donors (Lipinski definition) is 4. The van der Waals surface area contributed by atoms with E-state index < -0.39 is 0 Å². The lowest BCUT2D eigenvalue weighted by Crippen LogP contribution is -3.27. The number of rotatable bonds is 5. The van der Waals surface area contributed by atoms with Gasteiger partial charge in [-0.3, -0.25) is 0 Å². The van der Waals surface area contributed by atoms with Gasteiger partial charge in [-0.1, -0.05) is 17.7 Å². The van der Waals surface area contributed by atoms with Crippen molar-refractivity contribution in [3.05, 3.63) is 29.8 Å². The molecule has 0 bridgehead atoms. The molecular weight excluding hydrogens is 280 g/mol. The minimum Gasteiger partial charge on any atom is -0.362 e. The van der Waals surface area contributed by atoms with Crippen LogP contribution in [0.3, 0.4) is 0 Å². The predicted molar refractivity (Wildman–Crippen MR) is 92.2 cm³/mol. The van der Waals surface area contributed by atoms with Crippen molar-refractivity contribution in [2.45, 2.75) is 13.3 Å². The molecule has 0 aliphatic carbocycles. The highest BCUT2D eigenvalue weighted by Gasteiger charge is 2.18. The molecule has 1 aliphatic heterocycles. The van der Waals surface area contributed by atoms with Gasteiger partial charge >= 0.3 is 0 Å². The van der Waals surface area contributed by atoms with Crippen LogP contribution in [0.2, 0.25) is 0 Å². The van der Waals surface area contributed by atoms with Crippen LogP contribution in [0.1, 0.15) is 12.0 Å². The summed E-state index contributed by atoms with van der Waals surface area (Å²) in [6.07, 6.45) is 1.17. The maximum atomic E-state index is 5.32. The van der Waals surface area contributed by atoms with E-state index in [1.165, 1.54) is 44.7 Å². The Balaban J connectivity index is 1.58. The molecule has 0 spiro atoms. The van der Waals surface area contributed by atoms with E-state index in [1.807, 2.05) is 0 Å². The molecule has 1 fully saturated rings. The molecule has 1 saturated heterocycles. The Hall–Kier alpha value is -1.17. The van der Waals surface area contributed by atoms with Gasteiger partial charge in [-0.2, -0.15) is 0 Å². The molecule has 0 aromatic heterocycles. The monoisotopic (exact) mass is 308 g/mol. The zero-order chi connectivity index (χ0) is 15.1. The summed E-state index contributed by atoms with van der Waals surface area (Å²) < 4.78 is 0. The largest absolute Gasteiger partial charge is 0.362 e. The molecule has 0 amide bonds. The molecule has 4 nitrogen and oxygen atoms in total. The lowest BCUT2D eigenvalue weighted by atomic mass is 10.2. The minimum atomic E-state index is 0.719. The number of hydrogen-bond acceptors (Lipinski definition) is 1. The van der Waals surface area contributed by atoms with E-state index in [1.54, 1.807) is 9.80 Å². The van der Waals surface area contributed by atoms with Gasteiger partial charge in [0.2, 0.25) is 0 Å². The number of likely N-dealkylation sites (N-methyl/N-ethyl adjacent to an activating group) is 1. The molecule has 2 rings (SSSR count). The van der Waals surface area contributed by atoms with E-state index in [-0.39, 0.29) is 0 Å². The lowest BCUT2D eigenvalue weighted by molar-refractivity contribution is -1.00. The second kappa shape index (κ2) is 8.32. The SMILES string of the molecule is Cc1ccc(NC(=S)NCCC[NH+]2CC[NH+](C)CC2)cc1. The fourth-order valence-corrected chi connectivity index (χ4v) is 2.85. The molecule has 116 valence electrons. The van der Waals surface area contributed by atoms with E-state index in [2.05, 4.69) is 48.9 Å². The molecule has 0 unspecified atom stereocenters. The lowest BCUT2D eigenvalue weighted by Gasteiger charge is -2.27. The van der Waals surface area contributed by atoms with Gasteiger partial charge in [0.1, 0.15) is 26.2 Å². The third-order valence-corrected chi connectivity index (χ3v) is 4.36. The molecule has 5 heteroatoms. The van der Waals surface area contributed by atoms with Crippen molar-refractivity contribution in [3.63, 3.8) is 0 Å². The van der Waals surface area contributed by atoms with Crippen molar-refractivity contribution < 1.29 is 9.80 Å². The summed E-state index contributed by atoms with van der Waals surface area (Å²) in [5.74, 6) is 0. The van der Waals surface area contributed by atoms with Gasteiger partial charge in [-0.15, -0.1) is 0 Å². The zero-order valence-electron chi connectivity index (χ0n) is 13.2. The van der Waals surface area contributed by atoms with E-state index in [0.29, 0.717) is 0 Å². The quantitative estimate of drug-likeness (QED) is 0.420. The highest BCUT2D eigenvalue weighted by Crippen LogP contribution is 2.07. The molecule has 1 heterocycles. The van der Waals surface area contributed by atoms with E-state index >= 15 is 0 Å². The van der Waals surface area contributed by atoms with Gasteiger partial charge < -0.3 is 20.4 Å². The van der Waals surface area contributed by atoms with Crippen molar-refractivity contribution >= 4 is 23.0 Å². The first-order valence-electron chi connectivity index (χ1n) is 7.90. The van der Waals surface area contributed by atoms with E-state index in [4.69, 9.17) is 12.2 Å². The zero-order valence-corrected chi connectivity index (χ0v) is 14.0. The van der Waals surface area contributed by atoms with Gasteiger partial charge in [0.05, 0.1) is 13.6 Å². The summed E-state index contributed by atoms with van der Waals surface area (Å²) in [6, 6.07) is 8.29. The van der Waals surface area contributed by atoms with Gasteiger partial charge in [-0.05, 0) is 31.3 Å². The topological polar surface area (TPSA) is 32.9 Å². The normalized spacial score (nSPS) is 21.8. The Kier molecular flexibility index (Phi) is 6.42. The Bertz CT molecular complexity index is 438. The van der Waals surface area contributed by atoms with Crippen molar-refractivity contribution in [1.82, 2.24) is 5.32 Å². The van der Waals surface area contributed by atoms with E-state index in [9.17, 15) is 0 Å². The van der Waals surface area contributed by atoms with Crippen molar-refractivity contribution in [1.29, 1.82) is 0 Å². The summed E-state index contributed by atoms with van der Waals surface area (Å²) in [5.41, 5.74) is 2.31. The molecule has 4 N–H and O–H groups in total. The Morgan fingerprint density at radius 1 is 1.14 bits per heavy atom. The number of aryl methyl sites for hydroxylation is 1. The number of quaternary nitrogens is 2. The van der Waals surface area contributed by atoms with Crippen LogP contribution in [0.5, 0.6) is 0 Å². The molecule has 0 saturated carbocycles. The molecule has 0 radical (unpaired) electrons. The summed E-state index contributed by atoms with van der Waals surface area (Å²) in [7, 11) is 2.29. The first kappa shape index (κ1) is 16.2. The fourth-order valence-electron chi connectivity index (χ4n) is 2.63. The minimum absolute atomic E-state index is 0.719. The van der Waals surface area contributed by atoms with Gasteiger partial charge in [-0.25, -0.2) is 0 Å². The van der Waals surface area contributed by atoms with Crippen LogP contribution in [0.15, 0.2) is 24.3 Å². The highest BCUT2D eigenvalue weighted by atomic mass is 32.1. The summed E-state index contributed by atoms with van der Waals surface area (Å²) >= 11 is 5.32. The smallest absolute Gasteiger partial charge is 0.170 e. The van der Waals surface area contributed by atoms with Crippen molar-refractivity contribution in [3.8, 4) is 0 Å². The number of piperazine rings is 1. The average Bonchev–Trinajstić information content (AvgIpc) is 2.48. The van der Waals surface area contributed by atoms with Crippen LogP contribution in [0.25, 0.3) is 0 Å². The standard InChI is InChI=1S/C16H26N4S/c1-14-4-6-15(7-5-14)18-16(21)17-8-3-9-20-12-10-19(2)11-13-20/h4-7H,3,8-13H2,1-2H3,(H2,17,18,21)/p+2. The van der Waals surface area contributed by atoms with Gasteiger partial charge in [0.15, 0.2) is 5.11 Å². The average molecular weight is 308 g/mol. The van der Waals surface area contributed by atoms with Crippen LogP contribution >= 0.6 is 12.2 Å². The van der Waals surface area contributed by atoms with Crippen LogP contribution in [-0.4, -0.2) is 51.4 Å². The first-order valence-corrected chi connectivity index (χ1v) is 8.31. The molecular formula is C16H28N4S+2. The Morgan fingerprint density at radius 2 is 1.81 bits per heavy atom. The number of benzene rings is 1. The van der Waals surface area contributed by atoms with Crippen molar-refractivity contribution in [2.24, 2.45) is 0 Å². The third kappa shape index (κ3) is 5.99. The number of thiocarbonyl (C=S) groups is 1. The Morgan fingerprint density at radius 3 is 2.48 bits per heavy atom. The van der Waals surface area contributed by atoms with Crippen LogP contribution in [0.4, 0.5) is 5.69 Å². The maximum absolute atomic E-state index is 5.32. The first-order chi connectivity index (χ1) is 10.1. The second-order valence-electron chi connectivity index (χ2n) is 6.06. The van der Waals surface area contributed by atoms with Crippen molar-refractivity contribution in [2.75, 3.05) is 51.6 Å². The summed E-state index contributed by atoms with van der Waals surface area (Å²) in [4.78, 5) is 3.40. The van der Waals surface area contributed by atoms with E-state index in [0.717, 1.165) is 17.3 Å². The summed E-state index contributed by atoms with van der Waals surface area (Å²) in [6.45, 7) is 9.49. The van der Waals surface area contributed by atoms with Crippen LogP contribution < -0.4 is 20.4 Å². The van der Waals surface area contributed by atoms with Gasteiger partial charge in [0, 0.05) is 18.7 Å². The van der Waals surface area contributed by atoms with Crippen LogP contribution in [-0.2, 0) is 0 Å². The molecule has 0 atom stereocenters. The third-order valence-electron chi connectivity index (χ3n) is 4.11. The Labute approximate surface area is 133 Å². The van der Waals surface area contributed by atoms with Crippen LogP contribution in [0, 0.1) is 6.92 Å². The highest BCUT2D eigenvalue weighted by molar-refractivity contribution is 7.80. The van der Waals surface area contributed by atoms with Gasteiger partial charge in [0.25, 0.3) is 0 Å². The molecule has 1 aromatic carbocycles. The summed E-state index contributed by atoms with van der Waals surface area (Å²) in [5, 5.41) is 7.24. The fraction of sp³-hybridized carbons (Fsp3) is 0.562. The number of nitrogens with one attached hydrogen (secondary N) is 4. The second-order valence-corrected chi connectivity index (χ2v) is 6.47. The molecule has 1 aliphatic rings. The molecule has 1 aromatic rings. The maximum Gasteiger partial charge on any atom is 0.170 e. The number of anilines is 1.